The molecule has 1 aromatic carbocycles. The average Bonchev–Trinajstić information content (AvgIpc) is 2.94. The topological polar surface area (TPSA) is 96.0 Å². The molecule has 118 valence electrons. The molecular formula is C14H13N5O3S. The number of aromatic nitrogens is 4. The van der Waals surface area contributed by atoms with E-state index in [-0.39, 0.29) is 11.4 Å². The van der Waals surface area contributed by atoms with Gasteiger partial charge in [0.25, 0.3) is 0 Å². The fourth-order valence-electron chi connectivity index (χ4n) is 2.08. The second-order valence-electron chi connectivity index (χ2n) is 4.61. The van der Waals surface area contributed by atoms with E-state index in [1.54, 1.807) is 29.1 Å². The Balaban J connectivity index is 1.63. The normalized spacial score (nSPS) is 10.8. The lowest BCUT2D eigenvalue weighted by molar-refractivity contribution is -0.385. The molecule has 0 radical (unpaired) electrons. The maximum atomic E-state index is 10.9. The standard InChI is InChI=1S/C14H13N5O3S/c1-18-13-10(8-17-18)14(16-9-15-13)23-7-6-22-12-5-3-2-4-11(12)19(20)21/h2-5,8-9H,6-7H2,1H3. The lowest BCUT2D eigenvalue weighted by Crippen LogP contribution is -2.03. The van der Waals surface area contributed by atoms with Gasteiger partial charge in [-0.15, -0.1) is 11.8 Å². The van der Waals surface area contributed by atoms with E-state index in [1.807, 2.05) is 7.05 Å². The first kappa shape index (κ1) is 15.2. The van der Waals surface area contributed by atoms with Crippen LogP contribution in [0.1, 0.15) is 0 Å². The smallest absolute Gasteiger partial charge is 0.310 e. The van der Waals surface area contributed by atoms with Gasteiger partial charge in [-0.1, -0.05) is 12.1 Å². The first-order chi connectivity index (χ1) is 11.2. The quantitative estimate of drug-likeness (QED) is 0.225. The van der Waals surface area contributed by atoms with Crippen molar-refractivity contribution in [1.82, 2.24) is 19.7 Å². The number of nitro benzene ring substituents is 1. The van der Waals surface area contributed by atoms with Gasteiger partial charge in [0.05, 0.1) is 23.1 Å². The second kappa shape index (κ2) is 6.61. The minimum Gasteiger partial charge on any atom is -0.486 e. The van der Waals surface area contributed by atoms with Crippen molar-refractivity contribution in [3.63, 3.8) is 0 Å². The summed E-state index contributed by atoms with van der Waals surface area (Å²) in [4.78, 5) is 18.9. The van der Waals surface area contributed by atoms with Gasteiger partial charge >= 0.3 is 5.69 Å². The molecule has 2 heterocycles. The second-order valence-corrected chi connectivity index (χ2v) is 5.69. The van der Waals surface area contributed by atoms with Gasteiger partial charge in [0.2, 0.25) is 0 Å². The number of benzene rings is 1. The van der Waals surface area contributed by atoms with Gasteiger partial charge in [0.15, 0.2) is 11.4 Å². The third-order valence-corrected chi connectivity index (χ3v) is 4.10. The molecule has 0 saturated heterocycles. The van der Waals surface area contributed by atoms with Crippen molar-refractivity contribution in [3.8, 4) is 5.75 Å². The molecule has 0 bridgehead atoms. The predicted molar refractivity (Wildman–Crippen MR) is 85.6 cm³/mol. The molecule has 0 spiro atoms. The summed E-state index contributed by atoms with van der Waals surface area (Å²) in [7, 11) is 1.82. The highest BCUT2D eigenvalue weighted by molar-refractivity contribution is 7.99. The molecule has 0 saturated carbocycles. The number of hydrogen-bond donors (Lipinski definition) is 0. The Hall–Kier alpha value is -2.68. The number of nitro groups is 1. The number of ether oxygens (including phenoxy) is 1. The van der Waals surface area contributed by atoms with Crippen LogP contribution in [0.25, 0.3) is 11.0 Å². The maximum Gasteiger partial charge on any atom is 0.310 e. The van der Waals surface area contributed by atoms with Crippen LogP contribution < -0.4 is 4.74 Å². The van der Waals surface area contributed by atoms with Crippen LogP contribution in [-0.2, 0) is 7.05 Å². The Bertz CT molecular complexity index is 851. The van der Waals surface area contributed by atoms with E-state index in [4.69, 9.17) is 4.74 Å². The highest BCUT2D eigenvalue weighted by atomic mass is 32.2. The third-order valence-electron chi connectivity index (χ3n) is 3.13. The van der Waals surface area contributed by atoms with Crippen molar-refractivity contribution in [3.05, 3.63) is 46.9 Å². The van der Waals surface area contributed by atoms with Crippen LogP contribution in [0.15, 0.2) is 41.8 Å². The molecular weight excluding hydrogens is 318 g/mol. The SMILES string of the molecule is Cn1ncc2c(SCCOc3ccccc3[N+](=O)[O-])ncnc21. The van der Waals surface area contributed by atoms with Crippen molar-refractivity contribution >= 4 is 28.5 Å². The number of nitrogens with zero attached hydrogens (tertiary/aromatic N) is 5. The number of aryl methyl sites for hydroxylation is 1. The first-order valence-electron chi connectivity index (χ1n) is 6.78. The number of hydrogen-bond acceptors (Lipinski definition) is 7. The van der Waals surface area contributed by atoms with Crippen molar-refractivity contribution in [2.24, 2.45) is 7.05 Å². The van der Waals surface area contributed by atoms with Gasteiger partial charge in [-0.25, -0.2) is 9.97 Å². The molecule has 0 fully saturated rings. The summed E-state index contributed by atoms with van der Waals surface area (Å²) >= 11 is 1.50. The minimum absolute atomic E-state index is 0.0332. The van der Waals surface area contributed by atoms with Crippen molar-refractivity contribution in [1.29, 1.82) is 0 Å². The van der Waals surface area contributed by atoms with E-state index in [1.165, 1.54) is 24.2 Å². The first-order valence-corrected chi connectivity index (χ1v) is 7.77. The Labute approximate surface area is 135 Å². The van der Waals surface area contributed by atoms with Crippen LogP contribution in [-0.4, -0.2) is 37.0 Å². The molecule has 0 amide bonds. The summed E-state index contributed by atoms with van der Waals surface area (Å²) in [5.41, 5.74) is 0.733. The summed E-state index contributed by atoms with van der Waals surface area (Å²) in [6.07, 6.45) is 3.22. The Morgan fingerprint density at radius 2 is 2.17 bits per heavy atom. The molecule has 0 aliphatic carbocycles. The molecule has 9 heteroatoms. The van der Waals surface area contributed by atoms with Gasteiger partial charge in [0, 0.05) is 18.9 Å². The van der Waals surface area contributed by atoms with E-state index in [9.17, 15) is 10.1 Å². The fourth-order valence-corrected chi connectivity index (χ4v) is 2.86. The summed E-state index contributed by atoms with van der Waals surface area (Å²) in [6.45, 7) is 0.335. The molecule has 0 unspecified atom stereocenters. The van der Waals surface area contributed by atoms with Crippen molar-refractivity contribution in [2.45, 2.75) is 5.03 Å². The zero-order valence-corrected chi connectivity index (χ0v) is 13.1. The molecule has 0 aliphatic heterocycles. The largest absolute Gasteiger partial charge is 0.486 e. The van der Waals surface area contributed by atoms with Crippen LogP contribution in [0.4, 0.5) is 5.69 Å². The van der Waals surface area contributed by atoms with Crippen molar-refractivity contribution in [2.75, 3.05) is 12.4 Å². The molecule has 0 atom stereocenters. The summed E-state index contributed by atoms with van der Waals surface area (Å²) in [5, 5.41) is 16.8. The molecule has 8 nitrogen and oxygen atoms in total. The monoisotopic (exact) mass is 331 g/mol. The molecule has 3 rings (SSSR count). The maximum absolute atomic E-state index is 10.9. The fraction of sp³-hybridized carbons (Fsp3) is 0.214. The molecule has 2 aromatic heterocycles. The Morgan fingerprint density at radius 1 is 1.35 bits per heavy atom. The van der Waals surface area contributed by atoms with Crippen LogP contribution in [0.5, 0.6) is 5.75 Å². The zero-order chi connectivity index (χ0) is 16.2. The van der Waals surface area contributed by atoms with E-state index < -0.39 is 4.92 Å². The highest BCUT2D eigenvalue weighted by Crippen LogP contribution is 2.27. The number of rotatable bonds is 6. The van der Waals surface area contributed by atoms with Crippen LogP contribution in [0.2, 0.25) is 0 Å². The van der Waals surface area contributed by atoms with Crippen LogP contribution >= 0.6 is 11.8 Å². The Morgan fingerprint density at radius 3 is 3.00 bits per heavy atom. The van der Waals surface area contributed by atoms with Crippen LogP contribution in [0.3, 0.4) is 0 Å². The Kier molecular flexibility index (Phi) is 4.38. The summed E-state index contributed by atoms with van der Waals surface area (Å²) in [6, 6.07) is 6.33. The van der Waals surface area contributed by atoms with Gasteiger partial charge in [0.1, 0.15) is 11.4 Å². The number of thioether (sulfide) groups is 1. The summed E-state index contributed by atoms with van der Waals surface area (Å²) in [5.74, 6) is 0.875. The van der Waals surface area contributed by atoms with E-state index >= 15 is 0 Å². The molecule has 0 aliphatic rings. The number of para-hydroxylation sites is 2. The highest BCUT2D eigenvalue weighted by Gasteiger charge is 2.13. The molecule has 0 N–H and O–H groups in total. The van der Waals surface area contributed by atoms with Crippen LogP contribution in [0, 0.1) is 10.1 Å². The molecule has 23 heavy (non-hydrogen) atoms. The van der Waals surface area contributed by atoms with E-state index in [2.05, 4.69) is 15.1 Å². The van der Waals surface area contributed by atoms with Gasteiger partial charge < -0.3 is 4.74 Å². The zero-order valence-electron chi connectivity index (χ0n) is 12.2. The van der Waals surface area contributed by atoms with Gasteiger partial charge in [-0.05, 0) is 6.07 Å². The average molecular weight is 331 g/mol. The third kappa shape index (κ3) is 3.24. The predicted octanol–water partition coefficient (Wildman–Crippen LogP) is 2.44. The minimum atomic E-state index is -0.452. The van der Waals surface area contributed by atoms with Gasteiger partial charge in [-0.3, -0.25) is 14.8 Å². The number of fused-ring (bicyclic) bond motifs is 1. The molecule has 3 aromatic rings. The van der Waals surface area contributed by atoms with E-state index in [0.29, 0.717) is 12.4 Å². The lowest BCUT2D eigenvalue weighted by Gasteiger charge is -2.06. The summed E-state index contributed by atoms with van der Waals surface area (Å²) < 4.78 is 7.20. The lowest BCUT2D eigenvalue weighted by atomic mass is 10.3. The van der Waals surface area contributed by atoms with E-state index in [0.717, 1.165) is 16.1 Å². The van der Waals surface area contributed by atoms with Gasteiger partial charge in [-0.2, -0.15) is 5.10 Å². The van der Waals surface area contributed by atoms with Crippen molar-refractivity contribution < 1.29 is 9.66 Å².